The Hall–Kier alpha value is -2.24. The van der Waals surface area contributed by atoms with Gasteiger partial charge in [-0.1, -0.05) is 6.07 Å². The van der Waals surface area contributed by atoms with E-state index in [1.165, 1.54) is 12.0 Å². The zero-order valence-electron chi connectivity index (χ0n) is 12.6. The maximum atomic E-state index is 12.2. The summed E-state index contributed by atoms with van der Waals surface area (Å²) in [4.78, 5) is 24.3. The van der Waals surface area contributed by atoms with E-state index in [-0.39, 0.29) is 25.3 Å². The van der Waals surface area contributed by atoms with Crippen LogP contribution >= 0.6 is 0 Å². The van der Waals surface area contributed by atoms with E-state index in [1.54, 1.807) is 25.3 Å². The number of benzene rings is 1. The number of amides is 1. The predicted molar refractivity (Wildman–Crippen MR) is 77.8 cm³/mol. The maximum Gasteiger partial charge on any atom is 0.305 e. The second-order valence-electron chi connectivity index (χ2n) is 4.48. The first kappa shape index (κ1) is 16.8. The number of nitrogens with zero attached hydrogens (tertiary/aromatic N) is 1. The molecule has 1 amide bonds. The summed E-state index contributed by atoms with van der Waals surface area (Å²) in [5.41, 5.74) is 0.798. The van der Waals surface area contributed by atoms with Gasteiger partial charge in [-0.05, 0) is 24.6 Å². The smallest absolute Gasteiger partial charge is 0.305 e. The van der Waals surface area contributed by atoms with Crippen LogP contribution < -0.4 is 9.47 Å². The number of hydrogen-bond donors (Lipinski definition) is 1. The van der Waals surface area contributed by atoms with Crippen molar-refractivity contribution >= 4 is 11.9 Å². The minimum Gasteiger partial charge on any atom is -0.493 e. The molecule has 0 aromatic heterocycles. The number of rotatable bonds is 8. The lowest BCUT2D eigenvalue weighted by Gasteiger charge is -2.20. The van der Waals surface area contributed by atoms with Crippen molar-refractivity contribution < 1.29 is 24.2 Å². The molecule has 116 valence electrons. The molecule has 0 aliphatic heterocycles. The molecule has 0 bridgehead atoms. The van der Waals surface area contributed by atoms with Crippen LogP contribution in [0.5, 0.6) is 11.5 Å². The van der Waals surface area contributed by atoms with Crippen LogP contribution in [0.4, 0.5) is 0 Å². The molecule has 21 heavy (non-hydrogen) atoms. The zero-order chi connectivity index (χ0) is 15.8. The van der Waals surface area contributed by atoms with Gasteiger partial charge >= 0.3 is 5.97 Å². The normalized spacial score (nSPS) is 10.0. The molecule has 6 nitrogen and oxygen atoms in total. The standard InChI is InChI=1S/C15H21NO5/c1-4-16(8-7-15(18)19)14(17)10-11-5-6-12(20-2)13(9-11)21-3/h5-6,9H,4,7-8,10H2,1-3H3,(H,18,19). The molecule has 1 aromatic rings. The monoisotopic (exact) mass is 295 g/mol. The lowest BCUT2D eigenvalue weighted by Crippen LogP contribution is -2.34. The quantitative estimate of drug-likeness (QED) is 0.788. The van der Waals surface area contributed by atoms with E-state index < -0.39 is 5.97 Å². The average molecular weight is 295 g/mol. The Labute approximate surface area is 124 Å². The van der Waals surface area contributed by atoms with Gasteiger partial charge in [0, 0.05) is 13.1 Å². The predicted octanol–water partition coefficient (Wildman–Crippen LogP) is 1.57. The molecule has 0 saturated carbocycles. The van der Waals surface area contributed by atoms with Crippen LogP contribution in [0.25, 0.3) is 0 Å². The summed E-state index contributed by atoms with van der Waals surface area (Å²) in [7, 11) is 3.09. The summed E-state index contributed by atoms with van der Waals surface area (Å²) in [6, 6.07) is 5.29. The molecule has 0 saturated heterocycles. The second-order valence-corrected chi connectivity index (χ2v) is 4.48. The molecule has 0 radical (unpaired) electrons. The van der Waals surface area contributed by atoms with Crippen LogP contribution in [0.3, 0.4) is 0 Å². The SMILES string of the molecule is CCN(CCC(=O)O)C(=O)Cc1ccc(OC)c(OC)c1. The number of ether oxygens (including phenoxy) is 2. The molecule has 1 N–H and O–H groups in total. The Morgan fingerprint density at radius 2 is 1.86 bits per heavy atom. The van der Waals surface area contributed by atoms with E-state index in [4.69, 9.17) is 14.6 Å². The van der Waals surface area contributed by atoms with Crippen molar-refractivity contribution in [3.05, 3.63) is 23.8 Å². The van der Waals surface area contributed by atoms with Crippen LogP contribution in [0.1, 0.15) is 18.9 Å². The average Bonchev–Trinajstić information content (AvgIpc) is 2.47. The highest BCUT2D eigenvalue weighted by Gasteiger charge is 2.14. The Balaban J connectivity index is 2.74. The number of carboxylic acid groups (broad SMARTS) is 1. The summed E-state index contributed by atoms with van der Waals surface area (Å²) in [6.45, 7) is 2.53. The Kier molecular flexibility index (Phi) is 6.52. The van der Waals surface area contributed by atoms with E-state index in [1.807, 2.05) is 6.92 Å². The van der Waals surface area contributed by atoms with Gasteiger partial charge in [0.1, 0.15) is 0 Å². The fourth-order valence-corrected chi connectivity index (χ4v) is 1.97. The third kappa shape index (κ3) is 4.98. The summed E-state index contributed by atoms with van der Waals surface area (Å²) in [5.74, 6) is 0.154. The lowest BCUT2D eigenvalue weighted by molar-refractivity contribution is -0.138. The van der Waals surface area contributed by atoms with Gasteiger partial charge in [0.05, 0.1) is 27.1 Å². The van der Waals surface area contributed by atoms with Crippen molar-refractivity contribution in [2.24, 2.45) is 0 Å². The topological polar surface area (TPSA) is 76.1 Å². The molecule has 6 heteroatoms. The summed E-state index contributed by atoms with van der Waals surface area (Å²) in [5, 5.41) is 8.69. The minimum absolute atomic E-state index is 0.0501. The van der Waals surface area contributed by atoms with Crippen LogP contribution in [0.15, 0.2) is 18.2 Å². The van der Waals surface area contributed by atoms with Crippen LogP contribution in [0, 0.1) is 0 Å². The molecule has 0 unspecified atom stereocenters. The number of aliphatic carboxylic acids is 1. The van der Waals surface area contributed by atoms with Gasteiger partial charge in [-0.3, -0.25) is 9.59 Å². The number of methoxy groups -OCH3 is 2. The van der Waals surface area contributed by atoms with E-state index in [2.05, 4.69) is 0 Å². The van der Waals surface area contributed by atoms with Crippen molar-refractivity contribution in [1.29, 1.82) is 0 Å². The maximum absolute atomic E-state index is 12.2. The van der Waals surface area contributed by atoms with E-state index in [0.717, 1.165) is 5.56 Å². The summed E-state index contributed by atoms with van der Waals surface area (Å²) in [6.07, 6.45) is 0.152. The molecule has 1 aromatic carbocycles. The van der Waals surface area contributed by atoms with Crippen molar-refractivity contribution in [1.82, 2.24) is 4.90 Å². The molecule has 0 heterocycles. The molecule has 1 rings (SSSR count). The Morgan fingerprint density at radius 3 is 2.38 bits per heavy atom. The molecule has 0 fully saturated rings. The van der Waals surface area contributed by atoms with Gasteiger partial charge in [-0.25, -0.2) is 0 Å². The van der Waals surface area contributed by atoms with Gasteiger partial charge in [0.2, 0.25) is 5.91 Å². The van der Waals surface area contributed by atoms with Crippen molar-refractivity contribution in [3.63, 3.8) is 0 Å². The molecular formula is C15H21NO5. The van der Waals surface area contributed by atoms with Gasteiger partial charge in [0.15, 0.2) is 11.5 Å². The first-order chi connectivity index (χ1) is 10.0. The molecule has 0 spiro atoms. The molecule has 0 aliphatic rings. The third-order valence-corrected chi connectivity index (χ3v) is 3.13. The highest BCUT2D eigenvalue weighted by atomic mass is 16.5. The summed E-state index contributed by atoms with van der Waals surface area (Å²) >= 11 is 0. The fourth-order valence-electron chi connectivity index (χ4n) is 1.97. The van der Waals surface area contributed by atoms with Crippen molar-refractivity contribution in [2.45, 2.75) is 19.8 Å². The van der Waals surface area contributed by atoms with Crippen LogP contribution in [0.2, 0.25) is 0 Å². The number of carbonyl (C=O) groups excluding carboxylic acids is 1. The third-order valence-electron chi connectivity index (χ3n) is 3.13. The highest BCUT2D eigenvalue weighted by Crippen LogP contribution is 2.27. The van der Waals surface area contributed by atoms with Crippen molar-refractivity contribution in [2.75, 3.05) is 27.3 Å². The molecule has 0 atom stereocenters. The first-order valence-corrected chi connectivity index (χ1v) is 6.72. The summed E-state index contributed by atoms with van der Waals surface area (Å²) < 4.78 is 10.3. The van der Waals surface area contributed by atoms with Gasteiger partial charge in [-0.2, -0.15) is 0 Å². The number of likely N-dealkylation sites (N-methyl/N-ethyl adjacent to an activating group) is 1. The van der Waals surface area contributed by atoms with Gasteiger partial charge < -0.3 is 19.5 Å². The van der Waals surface area contributed by atoms with Gasteiger partial charge in [0.25, 0.3) is 0 Å². The Morgan fingerprint density at radius 1 is 1.19 bits per heavy atom. The fraction of sp³-hybridized carbons (Fsp3) is 0.467. The number of carboxylic acids is 1. The van der Waals surface area contributed by atoms with Gasteiger partial charge in [-0.15, -0.1) is 0 Å². The van der Waals surface area contributed by atoms with Crippen LogP contribution in [-0.2, 0) is 16.0 Å². The Bertz CT molecular complexity index is 501. The highest BCUT2D eigenvalue weighted by molar-refractivity contribution is 5.79. The first-order valence-electron chi connectivity index (χ1n) is 6.72. The molecule has 0 aliphatic carbocycles. The molecular weight excluding hydrogens is 274 g/mol. The largest absolute Gasteiger partial charge is 0.493 e. The minimum atomic E-state index is -0.910. The second kappa shape index (κ2) is 8.14. The number of carbonyl (C=O) groups is 2. The van der Waals surface area contributed by atoms with E-state index >= 15 is 0 Å². The lowest BCUT2D eigenvalue weighted by atomic mass is 10.1. The van der Waals surface area contributed by atoms with Crippen molar-refractivity contribution in [3.8, 4) is 11.5 Å². The zero-order valence-corrected chi connectivity index (χ0v) is 12.6. The van der Waals surface area contributed by atoms with Crippen LogP contribution in [-0.4, -0.2) is 49.2 Å². The number of hydrogen-bond acceptors (Lipinski definition) is 4. The van der Waals surface area contributed by atoms with E-state index in [9.17, 15) is 9.59 Å². The van der Waals surface area contributed by atoms with E-state index in [0.29, 0.717) is 18.0 Å².